The zero-order valence-corrected chi connectivity index (χ0v) is 14.7. The number of aromatic nitrogens is 1. The summed E-state index contributed by atoms with van der Waals surface area (Å²) in [6.07, 6.45) is -3.12. The van der Waals surface area contributed by atoms with E-state index >= 15 is 0 Å². The van der Waals surface area contributed by atoms with Gasteiger partial charge >= 0.3 is 6.18 Å². The van der Waals surface area contributed by atoms with Gasteiger partial charge in [0.1, 0.15) is 5.69 Å². The van der Waals surface area contributed by atoms with Crippen molar-refractivity contribution in [2.24, 2.45) is 0 Å². The molecule has 6 nitrogen and oxygen atoms in total. The minimum atomic E-state index is -4.64. The van der Waals surface area contributed by atoms with Crippen LogP contribution in [-0.4, -0.2) is 32.8 Å². The predicted molar refractivity (Wildman–Crippen MR) is 83.7 cm³/mol. The summed E-state index contributed by atoms with van der Waals surface area (Å²) < 4.78 is 74.8. The Morgan fingerprint density at radius 3 is 2.76 bits per heavy atom. The van der Waals surface area contributed by atoms with Gasteiger partial charge < -0.3 is 9.26 Å². The van der Waals surface area contributed by atoms with E-state index in [4.69, 9.17) is 4.74 Å². The lowest BCUT2D eigenvalue weighted by molar-refractivity contribution is -0.155. The summed E-state index contributed by atoms with van der Waals surface area (Å²) in [6.45, 7) is 2.36. The standard InChI is InChI=1S/C14H15F3N2O4S2/c1-8-12(25(20,21)18-7-9-3-2-4-22-9)6-11(24-8)10-5-13(23-19-10)14(15,16)17/h5-6,9,18H,2-4,7H2,1H3. The molecule has 2 aromatic heterocycles. The van der Waals surface area contributed by atoms with E-state index in [2.05, 4.69) is 14.4 Å². The Morgan fingerprint density at radius 2 is 2.16 bits per heavy atom. The molecule has 138 valence electrons. The fourth-order valence-electron chi connectivity index (χ4n) is 2.47. The van der Waals surface area contributed by atoms with Gasteiger partial charge in [0.25, 0.3) is 0 Å². The molecule has 11 heteroatoms. The molecule has 2 aromatic rings. The quantitative estimate of drug-likeness (QED) is 0.840. The summed E-state index contributed by atoms with van der Waals surface area (Å²) in [7, 11) is -3.79. The normalized spacial score (nSPS) is 18.8. The molecule has 1 N–H and O–H groups in total. The summed E-state index contributed by atoms with van der Waals surface area (Å²) in [5.41, 5.74) is -0.0546. The van der Waals surface area contributed by atoms with Crippen LogP contribution in [0.5, 0.6) is 0 Å². The molecule has 1 saturated heterocycles. The van der Waals surface area contributed by atoms with Crippen LogP contribution in [0.2, 0.25) is 0 Å². The van der Waals surface area contributed by atoms with Crippen LogP contribution in [0.25, 0.3) is 10.6 Å². The largest absolute Gasteiger partial charge is 0.452 e. The lowest BCUT2D eigenvalue weighted by Crippen LogP contribution is -2.31. The fourth-order valence-corrected chi connectivity index (χ4v) is 5.08. The van der Waals surface area contributed by atoms with Crippen molar-refractivity contribution in [2.75, 3.05) is 13.2 Å². The van der Waals surface area contributed by atoms with Gasteiger partial charge in [-0.25, -0.2) is 13.1 Å². The summed E-state index contributed by atoms with van der Waals surface area (Å²) in [6, 6.07) is 2.05. The predicted octanol–water partition coefficient (Wildman–Crippen LogP) is 3.19. The Balaban J connectivity index is 1.80. The second-order valence-corrected chi connectivity index (χ2v) is 8.58. The molecule has 1 atom stereocenters. The molecule has 0 amide bonds. The third-order valence-electron chi connectivity index (χ3n) is 3.73. The Labute approximate surface area is 146 Å². The molecule has 0 aliphatic carbocycles. The van der Waals surface area contributed by atoms with Crippen LogP contribution in [0, 0.1) is 6.92 Å². The van der Waals surface area contributed by atoms with Crippen LogP contribution in [0.15, 0.2) is 21.6 Å². The van der Waals surface area contributed by atoms with E-state index in [9.17, 15) is 21.6 Å². The van der Waals surface area contributed by atoms with E-state index in [1.165, 1.54) is 6.07 Å². The van der Waals surface area contributed by atoms with Crippen molar-refractivity contribution in [3.05, 3.63) is 22.8 Å². The zero-order chi connectivity index (χ0) is 18.2. The van der Waals surface area contributed by atoms with E-state index in [-0.39, 0.29) is 28.1 Å². The average molecular weight is 396 g/mol. The van der Waals surface area contributed by atoms with Crippen molar-refractivity contribution in [1.82, 2.24) is 9.88 Å². The number of alkyl halides is 3. The molecule has 0 spiro atoms. The summed E-state index contributed by atoms with van der Waals surface area (Å²) in [5, 5.41) is 3.38. The highest BCUT2D eigenvalue weighted by atomic mass is 32.2. The SMILES string of the molecule is Cc1sc(-c2cc(C(F)(F)F)on2)cc1S(=O)(=O)NCC1CCCO1. The molecule has 3 heterocycles. The Morgan fingerprint density at radius 1 is 1.40 bits per heavy atom. The smallest absolute Gasteiger partial charge is 0.377 e. The number of halogens is 3. The Hall–Kier alpha value is -1.43. The maximum Gasteiger partial charge on any atom is 0.452 e. The number of nitrogens with one attached hydrogen (secondary N) is 1. The van der Waals surface area contributed by atoms with Gasteiger partial charge in [0.15, 0.2) is 0 Å². The van der Waals surface area contributed by atoms with E-state index in [0.29, 0.717) is 11.5 Å². The maximum atomic E-state index is 12.6. The van der Waals surface area contributed by atoms with Gasteiger partial charge in [-0.05, 0) is 25.8 Å². The number of ether oxygens (including phenoxy) is 1. The number of hydrogen-bond acceptors (Lipinski definition) is 6. The molecular formula is C14H15F3N2O4S2. The van der Waals surface area contributed by atoms with Crippen LogP contribution >= 0.6 is 11.3 Å². The average Bonchev–Trinajstić information content (AvgIpc) is 3.24. The monoisotopic (exact) mass is 396 g/mol. The molecule has 25 heavy (non-hydrogen) atoms. The number of rotatable bonds is 5. The first-order valence-corrected chi connectivity index (χ1v) is 9.73. The summed E-state index contributed by atoms with van der Waals surface area (Å²) in [4.78, 5) is 0.752. The first kappa shape index (κ1) is 18.4. The van der Waals surface area contributed by atoms with Crippen molar-refractivity contribution < 1.29 is 30.8 Å². The van der Waals surface area contributed by atoms with Gasteiger partial charge in [-0.2, -0.15) is 13.2 Å². The van der Waals surface area contributed by atoms with E-state index in [0.717, 1.165) is 30.2 Å². The molecular weight excluding hydrogens is 381 g/mol. The van der Waals surface area contributed by atoms with Gasteiger partial charge in [-0.15, -0.1) is 11.3 Å². The highest BCUT2D eigenvalue weighted by molar-refractivity contribution is 7.89. The highest BCUT2D eigenvalue weighted by Gasteiger charge is 2.36. The lowest BCUT2D eigenvalue weighted by Gasteiger charge is -2.11. The number of sulfonamides is 1. The minimum absolute atomic E-state index is 0.0158. The van der Waals surface area contributed by atoms with Gasteiger partial charge in [-0.1, -0.05) is 5.16 Å². The number of nitrogens with zero attached hydrogens (tertiary/aromatic N) is 1. The molecule has 3 rings (SSSR count). The van der Waals surface area contributed by atoms with Crippen LogP contribution in [0.3, 0.4) is 0 Å². The first-order valence-electron chi connectivity index (χ1n) is 7.43. The van der Waals surface area contributed by atoms with Gasteiger partial charge in [0.05, 0.1) is 15.9 Å². The summed E-state index contributed by atoms with van der Waals surface area (Å²) >= 11 is 1.04. The van der Waals surface area contributed by atoms with Gasteiger partial charge in [0, 0.05) is 24.1 Å². The van der Waals surface area contributed by atoms with Gasteiger partial charge in [-0.3, -0.25) is 0 Å². The van der Waals surface area contributed by atoms with Crippen LogP contribution in [0.4, 0.5) is 13.2 Å². The molecule has 0 aromatic carbocycles. The second kappa shape index (κ2) is 6.71. The van der Waals surface area contributed by atoms with Crippen molar-refractivity contribution in [3.63, 3.8) is 0 Å². The summed E-state index contributed by atoms with van der Waals surface area (Å²) in [5.74, 6) is -1.23. The zero-order valence-electron chi connectivity index (χ0n) is 13.1. The third kappa shape index (κ3) is 4.05. The van der Waals surface area contributed by atoms with Crippen molar-refractivity contribution in [2.45, 2.75) is 36.9 Å². The number of hydrogen-bond donors (Lipinski definition) is 1. The minimum Gasteiger partial charge on any atom is -0.377 e. The van der Waals surface area contributed by atoms with Crippen molar-refractivity contribution in [1.29, 1.82) is 0 Å². The van der Waals surface area contributed by atoms with Crippen LogP contribution in [-0.2, 0) is 20.9 Å². The molecule has 1 aliphatic rings. The van der Waals surface area contributed by atoms with Crippen LogP contribution in [0.1, 0.15) is 23.5 Å². The van der Waals surface area contributed by atoms with Gasteiger partial charge in [0.2, 0.25) is 15.8 Å². The number of thiophene rings is 1. The molecule has 0 radical (unpaired) electrons. The second-order valence-electron chi connectivity index (χ2n) is 5.59. The van der Waals surface area contributed by atoms with Crippen LogP contribution < -0.4 is 4.72 Å². The first-order chi connectivity index (χ1) is 11.7. The molecule has 1 aliphatic heterocycles. The topological polar surface area (TPSA) is 81.4 Å². The van der Waals surface area contributed by atoms with Crippen molar-refractivity contribution in [3.8, 4) is 10.6 Å². The molecule has 0 bridgehead atoms. The fraction of sp³-hybridized carbons (Fsp3) is 0.500. The van der Waals surface area contributed by atoms with E-state index in [1.54, 1.807) is 6.92 Å². The van der Waals surface area contributed by atoms with E-state index in [1.807, 2.05) is 0 Å². The molecule has 1 fully saturated rings. The molecule has 1 unspecified atom stereocenters. The third-order valence-corrected chi connectivity index (χ3v) is 6.48. The molecule has 0 saturated carbocycles. The lowest BCUT2D eigenvalue weighted by atomic mass is 10.2. The van der Waals surface area contributed by atoms with E-state index < -0.39 is 22.0 Å². The number of aryl methyl sites for hydroxylation is 1. The Bertz CT molecular complexity index is 852. The maximum absolute atomic E-state index is 12.6. The highest BCUT2D eigenvalue weighted by Crippen LogP contribution is 2.36. The van der Waals surface area contributed by atoms with Crippen molar-refractivity contribution >= 4 is 21.4 Å². The Kier molecular flexibility index (Phi) is 4.93.